The van der Waals surface area contributed by atoms with Gasteiger partial charge in [0.2, 0.25) is 5.91 Å². The summed E-state index contributed by atoms with van der Waals surface area (Å²) in [4.78, 5) is 14.4. The Morgan fingerprint density at radius 2 is 2.47 bits per heavy atom. The molecule has 2 rings (SSSR count). The molecule has 0 aliphatic carbocycles. The highest BCUT2D eigenvalue weighted by Gasteiger charge is 2.25. The van der Waals surface area contributed by atoms with E-state index in [1.54, 1.807) is 4.68 Å². The summed E-state index contributed by atoms with van der Waals surface area (Å²) < 4.78 is 1.78. The van der Waals surface area contributed by atoms with Gasteiger partial charge >= 0.3 is 0 Å². The molecule has 5 nitrogen and oxygen atoms in total. The number of hydrogen-bond donors (Lipinski definition) is 1. The molecule has 5 heteroatoms. The molecule has 19 heavy (non-hydrogen) atoms. The SMILES string of the molecule is CCCN(C(=O)CCc1cnn(C)c1)C1CCNC1. The molecule has 106 valence electrons. The van der Waals surface area contributed by atoms with Crippen molar-refractivity contribution in [3.63, 3.8) is 0 Å². The minimum atomic E-state index is 0.277. The van der Waals surface area contributed by atoms with Gasteiger partial charge in [0.15, 0.2) is 0 Å². The Morgan fingerprint density at radius 1 is 1.63 bits per heavy atom. The molecule has 1 atom stereocenters. The fourth-order valence-corrected chi connectivity index (χ4v) is 2.65. The fourth-order valence-electron chi connectivity index (χ4n) is 2.65. The molecular formula is C14H24N4O. The molecule has 0 bridgehead atoms. The van der Waals surface area contributed by atoms with Crippen molar-refractivity contribution in [1.29, 1.82) is 0 Å². The van der Waals surface area contributed by atoms with Crippen LogP contribution in [0.15, 0.2) is 12.4 Å². The molecule has 0 radical (unpaired) electrons. The quantitative estimate of drug-likeness (QED) is 0.832. The lowest BCUT2D eigenvalue weighted by molar-refractivity contribution is -0.133. The molecule has 1 N–H and O–H groups in total. The molecule has 1 aliphatic heterocycles. The van der Waals surface area contributed by atoms with E-state index in [0.29, 0.717) is 12.5 Å². The summed E-state index contributed by atoms with van der Waals surface area (Å²) in [7, 11) is 1.90. The number of carbonyl (C=O) groups excluding carboxylic acids is 1. The first-order chi connectivity index (χ1) is 9.20. The standard InChI is InChI=1S/C14H24N4O/c1-3-8-18(13-6-7-15-10-13)14(19)5-4-12-9-16-17(2)11-12/h9,11,13,15H,3-8,10H2,1-2H3. The van der Waals surface area contributed by atoms with E-state index in [0.717, 1.165) is 44.5 Å². The van der Waals surface area contributed by atoms with Crippen LogP contribution in [0.4, 0.5) is 0 Å². The van der Waals surface area contributed by atoms with Crippen LogP contribution in [-0.4, -0.2) is 46.3 Å². The minimum Gasteiger partial charge on any atom is -0.338 e. The molecule has 1 aromatic heterocycles. The Kier molecular flexibility index (Phi) is 4.96. The summed E-state index contributed by atoms with van der Waals surface area (Å²) in [6.45, 7) is 4.97. The van der Waals surface area contributed by atoms with Crippen molar-refractivity contribution in [2.75, 3.05) is 19.6 Å². The van der Waals surface area contributed by atoms with Gasteiger partial charge in [0, 0.05) is 38.8 Å². The lowest BCUT2D eigenvalue weighted by atomic mass is 10.1. The van der Waals surface area contributed by atoms with Gasteiger partial charge in [-0.2, -0.15) is 5.10 Å². The second kappa shape index (κ2) is 6.70. The Hall–Kier alpha value is -1.36. The minimum absolute atomic E-state index is 0.277. The average molecular weight is 264 g/mol. The van der Waals surface area contributed by atoms with Crippen LogP contribution in [0.5, 0.6) is 0 Å². The van der Waals surface area contributed by atoms with E-state index in [1.165, 1.54) is 0 Å². The van der Waals surface area contributed by atoms with E-state index in [2.05, 4.69) is 22.2 Å². The van der Waals surface area contributed by atoms with Gasteiger partial charge in [-0.3, -0.25) is 9.48 Å². The van der Waals surface area contributed by atoms with Gasteiger partial charge in [0.05, 0.1) is 6.20 Å². The van der Waals surface area contributed by atoms with Gasteiger partial charge in [0.25, 0.3) is 0 Å². The van der Waals surface area contributed by atoms with Crippen molar-refractivity contribution < 1.29 is 4.79 Å². The number of hydrogen-bond acceptors (Lipinski definition) is 3. The molecule has 1 aromatic rings. The van der Waals surface area contributed by atoms with Gasteiger partial charge in [0.1, 0.15) is 0 Å². The molecule has 1 fully saturated rings. The van der Waals surface area contributed by atoms with Crippen LogP contribution < -0.4 is 5.32 Å². The summed E-state index contributed by atoms with van der Waals surface area (Å²) in [6, 6.07) is 0.390. The number of nitrogens with one attached hydrogen (secondary N) is 1. The van der Waals surface area contributed by atoms with E-state index in [9.17, 15) is 4.79 Å². The van der Waals surface area contributed by atoms with Gasteiger partial charge in [-0.25, -0.2) is 0 Å². The van der Waals surface area contributed by atoms with Crippen molar-refractivity contribution in [1.82, 2.24) is 20.0 Å². The van der Waals surface area contributed by atoms with Gasteiger partial charge in [-0.1, -0.05) is 6.92 Å². The highest BCUT2D eigenvalue weighted by atomic mass is 16.2. The second-order valence-electron chi connectivity index (χ2n) is 5.26. The first kappa shape index (κ1) is 14.1. The molecule has 0 aromatic carbocycles. The normalized spacial score (nSPS) is 18.7. The van der Waals surface area contributed by atoms with E-state index < -0.39 is 0 Å². The molecule has 1 unspecified atom stereocenters. The highest BCUT2D eigenvalue weighted by molar-refractivity contribution is 5.76. The topological polar surface area (TPSA) is 50.2 Å². The monoisotopic (exact) mass is 264 g/mol. The van der Waals surface area contributed by atoms with Crippen LogP contribution in [0.25, 0.3) is 0 Å². The number of rotatable bonds is 6. The lowest BCUT2D eigenvalue weighted by Gasteiger charge is -2.28. The van der Waals surface area contributed by atoms with Gasteiger partial charge in [-0.15, -0.1) is 0 Å². The zero-order valence-corrected chi connectivity index (χ0v) is 11.9. The smallest absolute Gasteiger partial charge is 0.223 e. The van der Waals surface area contributed by atoms with E-state index in [1.807, 2.05) is 19.4 Å². The largest absolute Gasteiger partial charge is 0.338 e. The average Bonchev–Trinajstić information content (AvgIpc) is 3.04. The zero-order valence-electron chi connectivity index (χ0n) is 11.9. The molecule has 0 saturated carbocycles. The first-order valence-corrected chi connectivity index (χ1v) is 7.18. The summed E-state index contributed by atoms with van der Waals surface area (Å²) in [5.74, 6) is 0.277. The maximum Gasteiger partial charge on any atom is 0.223 e. The molecule has 0 spiro atoms. The Bertz CT molecular complexity index is 409. The maximum absolute atomic E-state index is 12.4. The third-order valence-electron chi connectivity index (χ3n) is 3.65. The van der Waals surface area contributed by atoms with Crippen LogP contribution in [0.3, 0.4) is 0 Å². The molecule has 1 aliphatic rings. The molecule has 1 saturated heterocycles. The maximum atomic E-state index is 12.4. The van der Waals surface area contributed by atoms with Crippen LogP contribution in [0.2, 0.25) is 0 Å². The molecular weight excluding hydrogens is 240 g/mol. The molecule has 1 amide bonds. The van der Waals surface area contributed by atoms with E-state index in [-0.39, 0.29) is 5.91 Å². The number of carbonyl (C=O) groups is 1. The van der Waals surface area contributed by atoms with Crippen LogP contribution in [0, 0.1) is 0 Å². The second-order valence-corrected chi connectivity index (χ2v) is 5.26. The van der Waals surface area contributed by atoms with Crippen molar-refractivity contribution in [2.45, 2.75) is 38.6 Å². The third kappa shape index (κ3) is 3.80. The van der Waals surface area contributed by atoms with Crippen molar-refractivity contribution in [3.05, 3.63) is 18.0 Å². The fraction of sp³-hybridized carbons (Fsp3) is 0.714. The van der Waals surface area contributed by atoms with Gasteiger partial charge < -0.3 is 10.2 Å². The summed E-state index contributed by atoms with van der Waals surface area (Å²) in [5.41, 5.74) is 1.14. The predicted molar refractivity (Wildman–Crippen MR) is 74.8 cm³/mol. The van der Waals surface area contributed by atoms with Crippen LogP contribution in [-0.2, 0) is 18.3 Å². The number of aryl methyl sites for hydroxylation is 2. The van der Waals surface area contributed by atoms with E-state index in [4.69, 9.17) is 0 Å². The third-order valence-corrected chi connectivity index (χ3v) is 3.65. The summed E-state index contributed by atoms with van der Waals surface area (Å²) in [5, 5.41) is 7.47. The first-order valence-electron chi connectivity index (χ1n) is 7.18. The van der Waals surface area contributed by atoms with E-state index >= 15 is 0 Å². The summed E-state index contributed by atoms with van der Waals surface area (Å²) >= 11 is 0. The number of nitrogens with zero attached hydrogens (tertiary/aromatic N) is 3. The van der Waals surface area contributed by atoms with Gasteiger partial charge in [-0.05, 0) is 31.4 Å². The Morgan fingerprint density at radius 3 is 3.05 bits per heavy atom. The Labute approximate surface area is 115 Å². The van der Waals surface area contributed by atoms with Crippen LogP contribution >= 0.6 is 0 Å². The van der Waals surface area contributed by atoms with Crippen LogP contribution in [0.1, 0.15) is 31.7 Å². The highest BCUT2D eigenvalue weighted by Crippen LogP contribution is 2.12. The Balaban J connectivity index is 1.87. The number of aromatic nitrogens is 2. The summed E-state index contributed by atoms with van der Waals surface area (Å²) in [6.07, 6.45) is 7.30. The van der Waals surface area contributed by atoms with Crippen molar-refractivity contribution in [2.24, 2.45) is 7.05 Å². The number of amides is 1. The predicted octanol–water partition coefficient (Wildman–Crippen LogP) is 0.953. The van der Waals surface area contributed by atoms with Crippen molar-refractivity contribution >= 4 is 5.91 Å². The zero-order chi connectivity index (χ0) is 13.7. The van der Waals surface area contributed by atoms with Crippen molar-refractivity contribution in [3.8, 4) is 0 Å². The molecule has 2 heterocycles. The lowest BCUT2D eigenvalue weighted by Crippen LogP contribution is -2.42.